The molecule has 2 aromatic rings. The zero-order chi connectivity index (χ0) is 24.9. The van der Waals surface area contributed by atoms with Gasteiger partial charge in [0.15, 0.2) is 6.04 Å². The highest BCUT2D eigenvalue weighted by molar-refractivity contribution is 6.21. The number of carbonyl (C=O) groups excluding carboxylic acids is 4. The Labute approximate surface area is 205 Å². The molecule has 8 heteroatoms. The van der Waals surface area contributed by atoms with Crippen molar-refractivity contribution in [2.75, 3.05) is 23.9 Å². The molecule has 4 rings (SSSR count). The number of carbonyl (C=O) groups is 4. The number of nitrogens with one attached hydrogen (secondary N) is 2. The van der Waals surface area contributed by atoms with Crippen LogP contribution in [0.4, 0.5) is 11.4 Å². The average Bonchev–Trinajstić information content (AvgIpc) is 3.36. The molecule has 1 heterocycles. The monoisotopic (exact) mass is 476 g/mol. The lowest BCUT2D eigenvalue weighted by atomic mass is 10.0. The lowest BCUT2D eigenvalue weighted by Crippen LogP contribution is -2.58. The van der Waals surface area contributed by atoms with Gasteiger partial charge in [-0.25, -0.2) is 0 Å². The standard InChI is InChI=1S/C27H32N4O4/c1-30-21-14-8-9-15-22(21)31(2)27(35)24(26(30)34)29-25(33)20(16-18-10-4-3-5-11-18)28-23(32)17-19-12-6-7-13-19/h3-5,8-11,14-15,19-20,24H,6-7,12-13,16-17H2,1-2H3,(H,28,32)(H,29,33)/t20-/m0/s1. The van der Waals surface area contributed by atoms with Crippen molar-refractivity contribution in [1.29, 1.82) is 0 Å². The Kier molecular flexibility index (Phi) is 7.48. The minimum absolute atomic E-state index is 0.187. The molecule has 0 unspecified atom stereocenters. The summed E-state index contributed by atoms with van der Waals surface area (Å²) in [7, 11) is 3.16. The molecule has 0 saturated heterocycles. The third-order valence-corrected chi connectivity index (χ3v) is 6.93. The van der Waals surface area contributed by atoms with Crippen LogP contribution < -0.4 is 20.4 Å². The zero-order valence-electron chi connectivity index (χ0n) is 20.2. The molecule has 35 heavy (non-hydrogen) atoms. The first kappa shape index (κ1) is 24.4. The van der Waals surface area contributed by atoms with Crippen LogP contribution in [0.2, 0.25) is 0 Å². The number of nitrogens with zero attached hydrogens (tertiary/aromatic N) is 2. The Hall–Kier alpha value is -3.68. The van der Waals surface area contributed by atoms with Gasteiger partial charge in [0.1, 0.15) is 6.04 Å². The molecule has 0 aromatic heterocycles. The molecule has 1 atom stereocenters. The Morgan fingerprint density at radius 3 is 2.00 bits per heavy atom. The molecule has 0 radical (unpaired) electrons. The van der Waals surface area contributed by atoms with Crippen molar-refractivity contribution in [3.63, 3.8) is 0 Å². The quantitative estimate of drug-likeness (QED) is 0.600. The maximum absolute atomic E-state index is 13.4. The van der Waals surface area contributed by atoms with Gasteiger partial charge < -0.3 is 20.4 Å². The van der Waals surface area contributed by atoms with E-state index in [0.29, 0.717) is 23.7 Å². The number of rotatable bonds is 7. The van der Waals surface area contributed by atoms with Gasteiger partial charge >= 0.3 is 0 Å². The Bertz CT molecular complexity index is 1060. The van der Waals surface area contributed by atoms with E-state index in [4.69, 9.17) is 0 Å². The predicted octanol–water partition coefficient (Wildman–Crippen LogP) is 2.42. The SMILES string of the molecule is CN1C(=O)C(NC(=O)[C@H](Cc2ccccc2)NC(=O)CC2CCCC2)C(=O)N(C)c2ccccc21. The summed E-state index contributed by atoms with van der Waals surface area (Å²) < 4.78 is 0. The van der Waals surface area contributed by atoms with Gasteiger partial charge in [-0.15, -0.1) is 0 Å². The Balaban J connectivity index is 1.53. The van der Waals surface area contributed by atoms with E-state index in [2.05, 4.69) is 10.6 Å². The van der Waals surface area contributed by atoms with E-state index in [1.807, 2.05) is 30.3 Å². The molecular formula is C27H32N4O4. The lowest BCUT2D eigenvalue weighted by molar-refractivity contribution is -0.135. The second-order valence-corrected chi connectivity index (χ2v) is 9.39. The molecule has 0 bridgehead atoms. The number of fused-ring (bicyclic) bond motifs is 1. The summed E-state index contributed by atoms with van der Waals surface area (Å²) in [6, 6.07) is 14.1. The largest absolute Gasteiger partial charge is 0.344 e. The third kappa shape index (κ3) is 5.53. The summed E-state index contributed by atoms with van der Waals surface area (Å²) in [6.07, 6.45) is 4.92. The van der Waals surface area contributed by atoms with Gasteiger partial charge in [-0.1, -0.05) is 55.3 Å². The molecule has 0 spiro atoms. The topological polar surface area (TPSA) is 98.8 Å². The van der Waals surface area contributed by atoms with Crippen LogP contribution in [0.1, 0.15) is 37.7 Å². The van der Waals surface area contributed by atoms with Crippen LogP contribution in [-0.4, -0.2) is 49.8 Å². The average molecular weight is 477 g/mol. The molecule has 2 aromatic carbocycles. The minimum atomic E-state index is -1.39. The van der Waals surface area contributed by atoms with Gasteiger partial charge in [0.25, 0.3) is 11.8 Å². The summed E-state index contributed by atoms with van der Waals surface area (Å²) in [4.78, 5) is 55.4. The van der Waals surface area contributed by atoms with Crippen molar-refractivity contribution in [2.24, 2.45) is 5.92 Å². The van der Waals surface area contributed by atoms with Crippen LogP contribution in [0.3, 0.4) is 0 Å². The Morgan fingerprint density at radius 2 is 1.43 bits per heavy atom. The van der Waals surface area contributed by atoms with E-state index in [1.54, 1.807) is 38.4 Å². The fourth-order valence-electron chi connectivity index (χ4n) is 4.92. The maximum Gasteiger partial charge on any atom is 0.259 e. The normalized spacial score (nSPS) is 17.7. The van der Waals surface area contributed by atoms with Gasteiger partial charge in [0.2, 0.25) is 11.8 Å². The van der Waals surface area contributed by atoms with Crippen LogP contribution in [0, 0.1) is 5.92 Å². The number of hydrogen-bond donors (Lipinski definition) is 2. The first-order chi connectivity index (χ1) is 16.8. The van der Waals surface area contributed by atoms with Crippen molar-refractivity contribution in [1.82, 2.24) is 10.6 Å². The highest BCUT2D eigenvalue weighted by Crippen LogP contribution is 2.31. The second-order valence-electron chi connectivity index (χ2n) is 9.39. The molecule has 2 aliphatic rings. The van der Waals surface area contributed by atoms with Gasteiger partial charge in [0.05, 0.1) is 11.4 Å². The number of amides is 4. The van der Waals surface area contributed by atoms with Gasteiger partial charge in [-0.3, -0.25) is 19.2 Å². The summed E-state index contributed by atoms with van der Waals surface area (Å²) in [6.45, 7) is 0. The molecule has 184 valence electrons. The van der Waals surface area contributed by atoms with Crippen LogP contribution >= 0.6 is 0 Å². The molecule has 1 fully saturated rings. The molecule has 8 nitrogen and oxygen atoms in total. The fraction of sp³-hybridized carbons (Fsp3) is 0.407. The van der Waals surface area contributed by atoms with E-state index in [9.17, 15) is 19.2 Å². The summed E-state index contributed by atoms with van der Waals surface area (Å²) in [5.41, 5.74) is 2.03. The van der Waals surface area contributed by atoms with E-state index in [-0.39, 0.29) is 12.3 Å². The predicted molar refractivity (Wildman–Crippen MR) is 134 cm³/mol. The summed E-state index contributed by atoms with van der Waals surface area (Å²) >= 11 is 0. The van der Waals surface area contributed by atoms with Crippen LogP contribution in [0.5, 0.6) is 0 Å². The lowest BCUT2D eigenvalue weighted by Gasteiger charge is -2.24. The molecule has 4 amide bonds. The number of likely N-dealkylation sites (N-methyl/N-ethyl adjacent to an activating group) is 2. The van der Waals surface area contributed by atoms with Crippen LogP contribution in [-0.2, 0) is 25.6 Å². The van der Waals surface area contributed by atoms with Crippen molar-refractivity contribution in [3.8, 4) is 0 Å². The summed E-state index contributed by atoms with van der Waals surface area (Å²) in [5.74, 6) is -1.48. The zero-order valence-corrected chi connectivity index (χ0v) is 20.2. The molecule has 1 aliphatic heterocycles. The number of anilines is 2. The number of para-hydroxylation sites is 2. The van der Waals surface area contributed by atoms with Crippen LogP contribution in [0.15, 0.2) is 54.6 Å². The van der Waals surface area contributed by atoms with Gasteiger partial charge in [0, 0.05) is 26.9 Å². The third-order valence-electron chi connectivity index (χ3n) is 6.93. The minimum Gasteiger partial charge on any atom is -0.344 e. The molecule has 1 aliphatic carbocycles. The first-order valence-corrected chi connectivity index (χ1v) is 12.1. The molecule has 2 N–H and O–H groups in total. The van der Waals surface area contributed by atoms with E-state index in [0.717, 1.165) is 31.2 Å². The highest BCUT2D eigenvalue weighted by atomic mass is 16.2. The molecule has 1 saturated carbocycles. The fourth-order valence-corrected chi connectivity index (χ4v) is 4.92. The van der Waals surface area contributed by atoms with Gasteiger partial charge in [-0.2, -0.15) is 0 Å². The van der Waals surface area contributed by atoms with E-state index in [1.165, 1.54) is 9.80 Å². The van der Waals surface area contributed by atoms with Crippen molar-refractivity contribution in [3.05, 3.63) is 60.2 Å². The Morgan fingerprint density at radius 1 is 0.886 bits per heavy atom. The summed E-state index contributed by atoms with van der Waals surface area (Å²) in [5, 5.41) is 5.50. The maximum atomic E-state index is 13.4. The van der Waals surface area contributed by atoms with Crippen molar-refractivity contribution < 1.29 is 19.2 Å². The van der Waals surface area contributed by atoms with Crippen molar-refractivity contribution in [2.45, 2.75) is 50.6 Å². The highest BCUT2D eigenvalue weighted by Gasteiger charge is 2.39. The second kappa shape index (κ2) is 10.7. The molecular weight excluding hydrogens is 444 g/mol. The van der Waals surface area contributed by atoms with Crippen LogP contribution in [0.25, 0.3) is 0 Å². The van der Waals surface area contributed by atoms with E-state index >= 15 is 0 Å². The number of hydrogen-bond acceptors (Lipinski definition) is 4. The first-order valence-electron chi connectivity index (χ1n) is 12.1. The van der Waals surface area contributed by atoms with E-state index < -0.39 is 29.8 Å². The number of benzene rings is 2. The van der Waals surface area contributed by atoms with Gasteiger partial charge in [-0.05, 0) is 36.5 Å². The smallest absolute Gasteiger partial charge is 0.259 e. The van der Waals surface area contributed by atoms with Crippen molar-refractivity contribution >= 4 is 35.0 Å².